The first kappa shape index (κ1) is 17.6. The second-order valence-electron chi connectivity index (χ2n) is 5.07. The summed E-state index contributed by atoms with van der Waals surface area (Å²) in [4.78, 5) is 28.7. The molecule has 3 rings (SSSR count). The maximum absolute atomic E-state index is 14.3. The third-order valence-corrected chi connectivity index (χ3v) is 4.82. The van der Waals surface area contributed by atoms with Crippen LogP contribution in [0.15, 0.2) is 62.8 Å². The van der Waals surface area contributed by atoms with E-state index in [1.54, 1.807) is 48.7 Å². The first-order valence-electron chi connectivity index (χ1n) is 7.24. The van der Waals surface area contributed by atoms with Crippen molar-refractivity contribution in [2.75, 3.05) is 6.26 Å². The molecule has 0 aliphatic heterocycles. The van der Waals surface area contributed by atoms with Gasteiger partial charge in [0, 0.05) is 4.47 Å². The number of nitrogens with zero attached hydrogens (tertiary/aromatic N) is 2. The lowest BCUT2D eigenvalue weighted by atomic mass is 10.1. The molecule has 0 unspecified atom stereocenters. The van der Waals surface area contributed by atoms with E-state index in [9.17, 15) is 14.0 Å². The largest absolute Gasteiger partial charge is 0.298 e. The highest BCUT2D eigenvalue weighted by molar-refractivity contribution is 9.10. The van der Waals surface area contributed by atoms with Gasteiger partial charge in [-0.1, -0.05) is 28.1 Å². The van der Waals surface area contributed by atoms with Gasteiger partial charge in [0.25, 0.3) is 5.56 Å². The second-order valence-corrected chi connectivity index (χ2v) is 6.78. The number of halogens is 2. The zero-order valence-corrected chi connectivity index (χ0v) is 15.5. The molecule has 0 amide bonds. The van der Waals surface area contributed by atoms with Crippen LogP contribution in [-0.2, 0) is 0 Å². The molecule has 2 aromatic carbocycles. The topological polar surface area (TPSA) is 52.0 Å². The SMILES string of the molecule is CSc1nc(-c2ccccc2F)n(-c2ccc(Br)cc2)c(=O)c1C=O. The minimum absolute atomic E-state index is 0.0458. The Morgan fingerprint density at radius 2 is 1.84 bits per heavy atom. The third-order valence-electron chi connectivity index (χ3n) is 3.59. The van der Waals surface area contributed by atoms with Gasteiger partial charge >= 0.3 is 0 Å². The van der Waals surface area contributed by atoms with Gasteiger partial charge in [-0.15, -0.1) is 11.8 Å². The average Bonchev–Trinajstić information content (AvgIpc) is 2.62. The van der Waals surface area contributed by atoms with Crippen molar-refractivity contribution < 1.29 is 9.18 Å². The van der Waals surface area contributed by atoms with E-state index in [2.05, 4.69) is 20.9 Å². The number of benzene rings is 2. The maximum Gasteiger partial charge on any atom is 0.270 e. The first-order chi connectivity index (χ1) is 12.1. The lowest BCUT2D eigenvalue weighted by molar-refractivity contribution is 0.111. The van der Waals surface area contributed by atoms with Crippen LogP contribution >= 0.6 is 27.7 Å². The van der Waals surface area contributed by atoms with Crippen molar-refractivity contribution in [2.24, 2.45) is 0 Å². The van der Waals surface area contributed by atoms with E-state index in [0.717, 1.165) is 4.47 Å². The van der Waals surface area contributed by atoms with Crippen molar-refractivity contribution in [1.82, 2.24) is 9.55 Å². The fourth-order valence-electron chi connectivity index (χ4n) is 2.42. The summed E-state index contributed by atoms with van der Waals surface area (Å²) in [7, 11) is 0. The molecule has 0 spiro atoms. The molecule has 3 aromatic rings. The Balaban J connectivity index is 2.42. The molecule has 7 heteroatoms. The zero-order chi connectivity index (χ0) is 18.0. The van der Waals surface area contributed by atoms with Gasteiger partial charge in [-0.3, -0.25) is 14.2 Å². The van der Waals surface area contributed by atoms with Crippen molar-refractivity contribution in [3.05, 3.63) is 74.7 Å². The molecule has 0 N–H and O–H groups in total. The summed E-state index contributed by atoms with van der Waals surface area (Å²) < 4.78 is 16.4. The zero-order valence-electron chi connectivity index (χ0n) is 13.1. The summed E-state index contributed by atoms with van der Waals surface area (Å²) in [5, 5.41) is 0.270. The van der Waals surface area contributed by atoms with E-state index in [1.807, 2.05) is 0 Å². The maximum atomic E-state index is 14.3. The van der Waals surface area contributed by atoms with Crippen molar-refractivity contribution in [1.29, 1.82) is 0 Å². The van der Waals surface area contributed by atoms with Crippen molar-refractivity contribution >= 4 is 34.0 Å². The molecule has 0 saturated heterocycles. The Morgan fingerprint density at radius 1 is 1.16 bits per heavy atom. The van der Waals surface area contributed by atoms with Crippen molar-refractivity contribution in [3.63, 3.8) is 0 Å². The fourth-order valence-corrected chi connectivity index (χ4v) is 3.22. The van der Waals surface area contributed by atoms with Crippen LogP contribution in [0.2, 0.25) is 0 Å². The van der Waals surface area contributed by atoms with Gasteiger partial charge < -0.3 is 0 Å². The summed E-state index contributed by atoms with van der Waals surface area (Å²) in [6, 6.07) is 13.0. The predicted octanol–water partition coefficient (Wildman–Crippen LogP) is 4.34. The number of aldehydes is 1. The van der Waals surface area contributed by atoms with E-state index < -0.39 is 11.4 Å². The van der Waals surface area contributed by atoms with Crippen LogP contribution in [0.25, 0.3) is 17.1 Å². The number of hydrogen-bond donors (Lipinski definition) is 0. The molecule has 0 aliphatic rings. The molecule has 0 atom stereocenters. The number of rotatable bonds is 4. The van der Waals surface area contributed by atoms with Crippen LogP contribution in [0.5, 0.6) is 0 Å². The molecule has 0 saturated carbocycles. The molecule has 1 heterocycles. The van der Waals surface area contributed by atoms with Gasteiger partial charge in [-0.05, 0) is 42.7 Å². The normalized spacial score (nSPS) is 10.7. The van der Waals surface area contributed by atoms with E-state index in [1.165, 1.54) is 22.4 Å². The average molecular weight is 419 g/mol. The Hall–Kier alpha value is -2.25. The molecular formula is C18H12BrFN2O2S. The molecule has 0 fully saturated rings. The van der Waals surface area contributed by atoms with Crippen LogP contribution in [0.3, 0.4) is 0 Å². The highest BCUT2D eigenvalue weighted by atomic mass is 79.9. The van der Waals surface area contributed by atoms with Crippen molar-refractivity contribution in [3.8, 4) is 17.1 Å². The predicted molar refractivity (Wildman–Crippen MR) is 100 cm³/mol. The van der Waals surface area contributed by atoms with Gasteiger partial charge in [0.1, 0.15) is 16.4 Å². The number of hydrogen-bond acceptors (Lipinski definition) is 4. The van der Waals surface area contributed by atoms with Crippen LogP contribution < -0.4 is 5.56 Å². The molecule has 126 valence electrons. The van der Waals surface area contributed by atoms with Crippen LogP contribution in [0, 0.1) is 5.82 Å². The highest BCUT2D eigenvalue weighted by Crippen LogP contribution is 2.26. The Bertz CT molecular complexity index is 1000. The van der Waals surface area contributed by atoms with E-state index in [0.29, 0.717) is 12.0 Å². The first-order valence-corrected chi connectivity index (χ1v) is 9.25. The van der Waals surface area contributed by atoms with Crippen LogP contribution in [-0.4, -0.2) is 22.1 Å². The summed E-state index contributed by atoms with van der Waals surface area (Å²) >= 11 is 4.51. The minimum atomic E-state index is -0.532. The molecule has 0 aliphatic carbocycles. The van der Waals surface area contributed by atoms with E-state index in [4.69, 9.17) is 0 Å². The number of carbonyl (C=O) groups excluding carboxylic acids is 1. The van der Waals surface area contributed by atoms with Gasteiger partial charge in [0.15, 0.2) is 12.1 Å². The molecule has 4 nitrogen and oxygen atoms in total. The fraction of sp³-hybridized carbons (Fsp3) is 0.0556. The summed E-state index contributed by atoms with van der Waals surface area (Å²) in [6.07, 6.45) is 2.20. The molecule has 0 bridgehead atoms. The second kappa shape index (κ2) is 7.33. The lowest BCUT2D eigenvalue weighted by Gasteiger charge is -2.15. The Morgan fingerprint density at radius 3 is 2.44 bits per heavy atom. The van der Waals surface area contributed by atoms with E-state index >= 15 is 0 Å². The van der Waals surface area contributed by atoms with Gasteiger partial charge in [-0.25, -0.2) is 9.37 Å². The van der Waals surface area contributed by atoms with Crippen molar-refractivity contribution in [2.45, 2.75) is 5.03 Å². The van der Waals surface area contributed by atoms with Crippen LogP contribution in [0.1, 0.15) is 10.4 Å². The van der Waals surface area contributed by atoms with E-state index in [-0.39, 0.29) is 22.0 Å². The number of aromatic nitrogens is 2. The summed E-state index contributed by atoms with van der Waals surface area (Å²) in [5.41, 5.74) is 0.107. The summed E-state index contributed by atoms with van der Waals surface area (Å²) in [6.45, 7) is 0. The monoisotopic (exact) mass is 418 g/mol. The van der Waals surface area contributed by atoms with Gasteiger partial charge in [0.2, 0.25) is 0 Å². The van der Waals surface area contributed by atoms with Gasteiger partial charge in [0.05, 0.1) is 11.3 Å². The van der Waals surface area contributed by atoms with Gasteiger partial charge in [-0.2, -0.15) is 0 Å². The Kier molecular flexibility index (Phi) is 5.15. The Labute approximate surface area is 155 Å². The molecule has 0 radical (unpaired) electrons. The lowest BCUT2D eigenvalue weighted by Crippen LogP contribution is -2.26. The van der Waals surface area contributed by atoms with Crippen LogP contribution in [0.4, 0.5) is 4.39 Å². The molecular weight excluding hydrogens is 407 g/mol. The molecule has 1 aromatic heterocycles. The minimum Gasteiger partial charge on any atom is -0.298 e. The smallest absolute Gasteiger partial charge is 0.270 e. The molecule has 25 heavy (non-hydrogen) atoms. The number of thioether (sulfide) groups is 1. The number of carbonyl (C=O) groups is 1. The standard InChI is InChI=1S/C18H12BrFN2O2S/c1-25-17-14(10-23)18(24)22(12-8-6-11(19)7-9-12)16(21-17)13-4-2-3-5-15(13)20/h2-10H,1H3. The highest BCUT2D eigenvalue weighted by Gasteiger charge is 2.20. The quantitative estimate of drug-likeness (QED) is 0.359. The third kappa shape index (κ3) is 3.29. The summed E-state index contributed by atoms with van der Waals surface area (Å²) in [5.74, 6) is -0.341.